The molecule has 2 saturated heterocycles. The Hall–Kier alpha value is -0.900. The van der Waals surface area contributed by atoms with Crippen molar-refractivity contribution < 1.29 is 0 Å². The van der Waals surface area contributed by atoms with Crippen molar-refractivity contribution in [2.45, 2.75) is 43.8 Å². The third-order valence-corrected chi connectivity index (χ3v) is 5.02. The van der Waals surface area contributed by atoms with E-state index in [1.807, 2.05) is 0 Å². The van der Waals surface area contributed by atoms with Crippen LogP contribution in [0.5, 0.6) is 0 Å². The minimum Gasteiger partial charge on any atom is -0.308 e. The Labute approximate surface area is 129 Å². The summed E-state index contributed by atoms with van der Waals surface area (Å²) in [6.45, 7) is 3.66. The first-order valence-electron chi connectivity index (χ1n) is 8.44. The van der Waals surface area contributed by atoms with Gasteiger partial charge in [0.15, 0.2) is 0 Å². The molecule has 2 aliphatic heterocycles. The minimum atomic E-state index is 0.438. The summed E-state index contributed by atoms with van der Waals surface area (Å²) in [5.41, 5.74) is 1.42. The van der Waals surface area contributed by atoms with Gasteiger partial charge in [0.25, 0.3) is 0 Å². The average Bonchev–Trinajstić information content (AvgIpc) is 2.90. The van der Waals surface area contributed by atoms with Crippen LogP contribution in [0.4, 0.5) is 0 Å². The van der Waals surface area contributed by atoms with Gasteiger partial charge in [-0.25, -0.2) is 0 Å². The van der Waals surface area contributed by atoms with E-state index in [9.17, 15) is 0 Å². The van der Waals surface area contributed by atoms with Crippen LogP contribution < -0.4 is 5.32 Å². The zero-order chi connectivity index (χ0) is 14.7. The van der Waals surface area contributed by atoms with Crippen LogP contribution in [0.3, 0.4) is 0 Å². The quantitative estimate of drug-likeness (QED) is 0.898. The topological polar surface area (TPSA) is 18.5 Å². The number of nitrogens with zero attached hydrogens (tertiary/aromatic N) is 2. The number of hydrogen-bond acceptors (Lipinski definition) is 3. The lowest BCUT2D eigenvalue weighted by atomic mass is 9.97. The molecule has 1 aromatic carbocycles. The van der Waals surface area contributed by atoms with Crippen LogP contribution in [-0.4, -0.2) is 55.6 Å². The number of hydrogen-bond donors (Lipinski definition) is 1. The van der Waals surface area contributed by atoms with E-state index in [1.54, 1.807) is 0 Å². The first-order chi connectivity index (χ1) is 10.2. The predicted octanol–water partition coefficient (Wildman–Crippen LogP) is 2.51. The highest BCUT2D eigenvalue weighted by molar-refractivity contribution is 5.20. The molecule has 1 aromatic rings. The molecule has 0 aliphatic carbocycles. The van der Waals surface area contributed by atoms with E-state index in [1.165, 1.54) is 44.3 Å². The van der Waals surface area contributed by atoms with Gasteiger partial charge in [-0.2, -0.15) is 0 Å². The summed E-state index contributed by atoms with van der Waals surface area (Å²) in [6, 6.07) is 12.8. The Morgan fingerprint density at radius 1 is 1.14 bits per heavy atom. The first kappa shape index (κ1) is 15.0. The van der Waals surface area contributed by atoms with Crippen LogP contribution in [-0.2, 0) is 0 Å². The second kappa shape index (κ2) is 6.91. The summed E-state index contributed by atoms with van der Waals surface area (Å²) < 4.78 is 0. The zero-order valence-electron chi connectivity index (χ0n) is 13.5. The number of benzene rings is 1. The van der Waals surface area contributed by atoms with Crippen molar-refractivity contribution in [1.82, 2.24) is 15.1 Å². The van der Waals surface area contributed by atoms with Crippen molar-refractivity contribution in [3.05, 3.63) is 35.9 Å². The minimum absolute atomic E-state index is 0.438. The molecular formula is C18H29N3. The smallest absolute Gasteiger partial charge is 0.0451 e. The Bertz CT molecular complexity index is 431. The van der Waals surface area contributed by atoms with Crippen LogP contribution >= 0.6 is 0 Å². The second-order valence-electron chi connectivity index (χ2n) is 6.89. The summed E-state index contributed by atoms with van der Waals surface area (Å²) in [7, 11) is 4.33. The lowest BCUT2D eigenvalue weighted by Gasteiger charge is -2.35. The van der Waals surface area contributed by atoms with Crippen molar-refractivity contribution in [2.24, 2.45) is 0 Å². The number of rotatable bonds is 5. The number of piperidine rings is 1. The molecule has 0 radical (unpaired) electrons. The molecule has 0 spiro atoms. The van der Waals surface area contributed by atoms with E-state index < -0.39 is 0 Å². The molecular weight excluding hydrogens is 258 g/mol. The fourth-order valence-electron chi connectivity index (χ4n) is 4.01. The lowest BCUT2D eigenvalue weighted by Crippen LogP contribution is -2.47. The maximum Gasteiger partial charge on any atom is 0.0451 e. The molecule has 0 bridgehead atoms. The number of likely N-dealkylation sites (N-methyl/N-ethyl adjacent to an activating group) is 1. The molecule has 1 N–H and O–H groups in total. The zero-order valence-corrected chi connectivity index (χ0v) is 13.5. The molecule has 116 valence electrons. The van der Waals surface area contributed by atoms with E-state index >= 15 is 0 Å². The normalized spacial score (nSPS) is 27.8. The highest BCUT2D eigenvalue weighted by atomic mass is 15.2. The van der Waals surface area contributed by atoms with Gasteiger partial charge in [0.05, 0.1) is 0 Å². The van der Waals surface area contributed by atoms with Crippen LogP contribution in [0.25, 0.3) is 0 Å². The molecule has 0 amide bonds. The van der Waals surface area contributed by atoms with Crippen molar-refractivity contribution in [3.8, 4) is 0 Å². The largest absolute Gasteiger partial charge is 0.308 e. The molecule has 3 nitrogen and oxygen atoms in total. The molecule has 3 rings (SSSR count). The van der Waals surface area contributed by atoms with Gasteiger partial charge in [-0.15, -0.1) is 0 Å². The highest BCUT2D eigenvalue weighted by Gasteiger charge is 2.36. The van der Waals surface area contributed by atoms with Gasteiger partial charge in [-0.1, -0.05) is 36.8 Å². The molecule has 21 heavy (non-hydrogen) atoms. The Kier molecular flexibility index (Phi) is 4.94. The molecule has 3 atom stereocenters. The standard InChI is InChI=1S/C18H29N3/c1-20(2)14-17(15-8-4-3-5-9-15)19-16-11-13-21-12-7-6-10-18(16)21/h3-5,8-9,16-19H,6-7,10-14H2,1-2H3. The van der Waals surface area contributed by atoms with E-state index in [2.05, 4.69) is 59.5 Å². The third kappa shape index (κ3) is 3.65. The van der Waals surface area contributed by atoms with Crippen LogP contribution in [0.2, 0.25) is 0 Å². The summed E-state index contributed by atoms with van der Waals surface area (Å²) >= 11 is 0. The van der Waals surface area contributed by atoms with Crippen molar-refractivity contribution in [2.75, 3.05) is 33.7 Å². The third-order valence-electron chi connectivity index (χ3n) is 5.02. The summed E-state index contributed by atoms with van der Waals surface area (Å²) in [5, 5.41) is 3.98. The van der Waals surface area contributed by atoms with Crippen LogP contribution in [0, 0.1) is 0 Å². The Morgan fingerprint density at radius 2 is 1.95 bits per heavy atom. The van der Waals surface area contributed by atoms with Gasteiger partial charge in [0.2, 0.25) is 0 Å². The van der Waals surface area contributed by atoms with E-state index in [4.69, 9.17) is 0 Å². The van der Waals surface area contributed by atoms with Crippen molar-refractivity contribution >= 4 is 0 Å². The monoisotopic (exact) mass is 287 g/mol. The fourth-order valence-corrected chi connectivity index (χ4v) is 4.01. The summed E-state index contributed by atoms with van der Waals surface area (Å²) in [5.74, 6) is 0. The molecule has 3 heteroatoms. The van der Waals surface area contributed by atoms with Gasteiger partial charge in [-0.05, 0) is 45.5 Å². The lowest BCUT2D eigenvalue weighted by molar-refractivity contribution is 0.173. The van der Waals surface area contributed by atoms with E-state index in [-0.39, 0.29) is 0 Å². The van der Waals surface area contributed by atoms with Crippen molar-refractivity contribution in [1.29, 1.82) is 0 Å². The number of fused-ring (bicyclic) bond motifs is 1. The fraction of sp³-hybridized carbons (Fsp3) is 0.667. The van der Waals surface area contributed by atoms with Crippen LogP contribution in [0.15, 0.2) is 30.3 Å². The van der Waals surface area contributed by atoms with Gasteiger partial charge in [-0.3, -0.25) is 4.90 Å². The maximum atomic E-state index is 3.98. The summed E-state index contributed by atoms with van der Waals surface area (Å²) in [4.78, 5) is 5.00. The maximum absolute atomic E-state index is 3.98. The predicted molar refractivity (Wildman–Crippen MR) is 88.5 cm³/mol. The van der Waals surface area contributed by atoms with Gasteiger partial charge < -0.3 is 10.2 Å². The highest BCUT2D eigenvalue weighted by Crippen LogP contribution is 2.29. The SMILES string of the molecule is CN(C)CC(NC1CCN2CCCCC12)c1ccccc1. The summed E-state index contributed by atoms with van der Waals surface area (Å²) in [6.07, 6.45) is 5.48. The average molecular weight is 287 g/mol. The molecule has 2 heterocycles. The van der Waals surface area contributed by atoms with E-state index in [0.717, 1.165) is 12.6 Å². The Balaban J connectivity index is 1.69. The number of nitrogens with one attached hydrogen (secondary N) is 1. The molecule has 2 aliphatic rings. The van der Waals surface area contributed by atoms with Gasteiger partial charge in [0.1, 0.15) is 0 Å². The van der Waals surface area contributed by atoms with Gasteiger partial charge >= 0.3 is 0 Å². The molecule has 0 aromatic heterocycles. The van der Waals surface area contributed by atoms with Gasteiger partial charge in [0, 0.05) is 31.2 Å². The molecule has 2 fully saturated rings. The Morgan fingerprint density at radius 3 is 2.71 bits per heavy atom. The molecule has 0 saturated carbocycles. The second-order valence-corrected chi connectivity index (χ2v) is 6.89. The first-order valence-corrected chi connectivity index (χ1v) is 8.44. The van der Waals surface area contributed by atoms with Crippen LogP contribution in [0.1, 0.15) is 37.3 Å². The van der Waals surface area contributed by atoms with Crippen molar-refractivity contribution in [3.63, 3.8) is 0 Å². The van der Waals surface area contributed by atoms with E-state index in [0.29, 0.717) is 12.1 Å². The molecule has 3 unspecified atom stereocenters.